The van der Waals surface area contributed by atoms with Gasteiger partial charge >= 0.3 is 0 Å². The molecule has 0 aliphatic heterocycles. The Balaban J connectivity index is 1.87. The first-order valence-electron chi connectivity index (χ1n) is 7.25. The third kappa shape index (κ3) is 3.16. The third-order valence-corrected chi connectivity index (χ3v) is 3.32. The van der Waals surface area contributed by atoms with Gasteiger partial charge < -0.3 is 5.32 Å². The van der Waals surface area contributed by atoms with Crippen molar-refractivity contribution >= 4 is 16.7 Å². The standard InChI is InChI=1S/C17H18N4/c1-2-9-19-17-16(18-10-11-20-17)12-14-8-7-13-5-3-4-6-15(13)21-14/h3-8,10-11H,2,9,12H2,1H3,(H,19,20). The number of benzene rings is 1. The summed E-state index contributed by atoms with van der Waals surface area (Å²) in [4.78, 5) is 13.5. The predicted octanol–water partition coefficient (Wildman–Crippen LogP) is 3.44. The quantitative estimate of drug-likeness (QED) is 0.776. The van der Waals surface area contributed by atoms with E-state index in [1.165, 1.54) is 0 Å². The van der Waals surface area contributed by atoms with Crippen LogP contribution in [0.3, 0.4) is 0 Å². The van der Waals surface area contributed by atoms with Gasteiger partial charge in [0.05, 0.1) is 11.2 Å². The molecule has 0 fully saturated rings. The minimum Gasteiger partial charge on any atom is -0.369 e. The van der Waals surface area contributed by atoms with Crippen LogP contribution in [0.2, 0.25) is 0 Å². The number of hydrogen-bond donors (Lipinski definition) is 1. The Morgan fingerprint density at radius 1 is 1.00 bits per heavy atom. The maximum atomic E-state index is 4.70. The summed E-state index contributed by atoms with van der Waals surface area (Å²) in [5.41, 5.74) is 2.96. The Hall–Kier alpha value is -2.49. The molecule has 3 aromatic rings. The molecule has 3 rings (SSSR count). The Morgan fingerprint density at radius 3 is 2.76 bits per heavy atom. The molecule has 2 heterocycles. The highest BCUT2D eigenvalue weighted by Gasteiger charge is 2.07. The summed E-state index contributed by atoms with van der Waals surface area (Å²) in [7, 11) is 0. The van der Waals surface area contributed by atoms with Crippen molar-refractivity contribution in [2.24, 2.45) is 0 Å². The van der Waals surface area contributed by atoms with Crippen molar-refractivity contribution in [2.45, 2.75) is 19.8 Å². The molecule has 2 aromatic heterocycles. The van der Waals surface area contributed by atoms with Gasteiger partial charge in [-0.2, -0.15) is 0 Å². The molecule has 0 unspecified atom stereocenters. The monoisotopic (exact) mass is 278 g/mol. The average Bonchev–Trinajstić information content (AvgIpc) is 2.54. The zero-order valence-electron chi connectivity index (χ0n) is 12.1. The van der Waals surface area contributed by atoms with E-state index in [1.54, 1.807) is 12.4 Å². The van der Waals surface area contributed by atoms with Gasteiger partial charge in [0.15, 0.2) is 0 Å². The van der Waals surface area contributed by atoms with Crippen molar-refractivity contribution < 1.29 is 0 Å². The van der Waals surface area contributed by atoms with Crippen LogP contribution in [0.5, 0.6) is 0 Å². The van der Waals surface area contributed by atoms with Crippen LogP contribution < -0.4 is 5.32 Å². The summed E-state index contributed by atoms with van der Waals surface area (Å²) < 4.78 is 0. The highest BCUT2D eigenvalue weighted by molar-refractivity contribution is 5.78. The van der Waals surface area contributed by atoms with Crippen LogP contribution >= 0.6 is 0 Å². The maximum absolute atomic E-state index is 4.70. The molecule has 0 radical (unpaired) electrons. The second-order valence-corrected chi connectivity index (χ2v) is 4.95. The van der Waals surface area contributed by atoms with Gasteiger partial charge in [-0.3, -0.25) is 9.97 Å². The summed E-state index contributed by atoms with van der Waals surface area (Å²) in [5, 5.41) is 4.48. The molecule has 4 heteroatoms. The van der Waals surface area contributed by atoms with Crippen LogP contribution in [0.15, 0.2) is 48.8 Å². The molecular weight excluding hydrogens is 260 g/mol. The number of anilines is 1. The van der Waals surface area contributed by atoms with E-state index in [4.69, 9.17) is 4.98 Å². The molecule has 0 saturated carbocycles. The normalized spacial score (nSPS) is 10.7. The first-order valence-corrected chi connectivity index (χ1v) is 7.25. The van der Waals surface area contributed by atoms with Gasteiger partial charge in [-0.25, -0.2) is 4.98 Å². The molecule has 106 valence electrons. The summed E-state index contributed by atoms with van der Waals surface area (Å²) in [6.07, 6.45) is 5.19. The number of nitrogens with one attached hydrogen (secondary N) is 1. The van der Waals surface area contributed by atoms with E-state index in [2.05, 4.69) is 40.4 Å². The summed E-state index contributed by atoms with van der Waals surface area (Å²) in [6.45, 7) is 3.03. The van der Waals surface area contributed by atoms with E-state index in [9.17, 15) is 0 Å². The fourth-order valence-electron chi connectivity index (χ4n) is 2.27. The van der Waals surface area contributed by atoms with Gasteiger partial charge in [0, 0.05) is 36.4 Å². The Labute approximate surface area is 124 Å². The SMILES string of the molecule is CCCNc1nccnc1Cc1ccc2ccccc2n1. The van der Waals surface area contributed by atoms with E-state index in [1.807, 2.05) is 18.2 Å². The van der Waals surface area contributed by atoms with Crippen LogP contribution in [0.4, 0.5) is 5.82 Å². The number of pyridine rings is 1. The molecule has 0 bridgehead atoms. The summed E-state index contributed by atoms with van der Waals surface area (Å²) in [5.74, 6) is 0.856. The number of fused-ring (bicyclic) bond motifs is 1. The zero-order chi connectivity index (χ0) is 14.5. The number of aromatic nitrogens is 3. The molecule has 21 heavy (non-hydrogen) atoms. The first-order chi connectivity index (χ1) is 10.4. The van der Waals surface area contributed by atoms with Crippen LogP contribution in [0.25, 0.3) is 10.9 Å². The molecule has 1 N–H and O–H groups in total. The summed E-state index contributed by atoms with van der Waals surface area (Å²) in [6, 6.07) is 12.3. The summed E-state index contributed by atoms with van der Waals surface area (Å²) >= 11 is 0. The lowest BCUT2D eigenvalue weighted by Gasteiger charge is -2.09. The molecule has 0 aliphatic carbocycles. The van der Waals surface area contributed by atoms with E-state index in [0.717, 1.165) is 41.1 Å². The lowest BCUT2D eigenvalue weighted by atomic mass is 10.1. The van der Waals surface area contributed by atoms with Crippen LogP contribution in [-0.4, -0.2) is 21.5 Å². The van der Waals surface area contributed by atoms with Gasteiger partial charge in [-0.15, -0.1) is 0 Å². The fraction of sp³-hybridized carbons (Fsp3) is 0.235. The molecule has 0 spiro atoms. The number of rotatable bonds is 5. The van der Waals surface area contributed by atoms with Crippen molar-refractivity contribution in [1.82, 2.24) is 15.0 Å². The topological polar surface area (TPSA) is 50.7 Å². The smallest absolute Gasteiger partial charge is 0.148 e. The highest BCUT2D eigenvalue weighted by Crippen LogP contribution is 2.16. The van der Waals surface area contributed by atoms with Gasteiger partial charge in [-0.1, -0.05) is 31.2 Å². The van der Waals surface area contributed by atoms with Crippen molar-refractivity contribution in [3.8, 4) is 0 Å². The Bertz CT molecular complexity index is 739. The lowest BCUT2D eigenvalue weighted by Crippen LogP contribution is -2.07. The third-order valence-electron chi connectivity index (χ3n) is 3.32. The predicted molar refractivity (Wildman–Crippen MR) is 85.4 cm³/mol. The van der Waals surface area contributed by atoms with Crippen LogP contribution in [-0.2, 0) is 6.42 Å². The second kappa shape index (κ2) is 6.31. The van der Waals surface area contributed by atoms with Crippen molar-refractivity contribution in [3.63, 3.8) is 0 Å². The minimum atomic E-state index is 0.685. The molecule has 0 saturated heterocycles. The number of hydrogen-bond acceptors (Lipinski definition) is 4. The molecule has 0 aliphatic rings. The van der Waals surface area contributed by atoms with E-state index in [0.29, 0.717) is 6.42 Å². The number of para-hydroxylation sites is 1. The average molecular weight is 278 g/mol. The first kappa shape index (κ1) is 13.5. The van der Waals surface area contributed by atoms with Crippen molar-refractivity contribution in [3.05, 3.63) is 60.2 Å². The van der Waals surface area contributed by atoms with Crippen LogP contribution in [0, 0.1) is 0 Å². The molecule has 0 atom stereocenters. The molecular formula is C17H18N4. The van der Waals surface area contributed by atoms with Gasteiger partial charge in [0.25, 0.3) is 0 Å². The van der Waals surface area contributed by atoms with Gasteiger partial charge in [-0.05, 0) is 18.6 Å². The Kier molecular flexibility index (Phi) is 4.05. The Morgan fingerprint density at radius 2 is 1.86 bits per heavy atom. The highest BCUT2D eigenvalue weighted by atomic mass is 15.0. The molecule has 0 amide bonds. The van der Waals surface area contributed by atoms with Gasteiger partial charge in [0.2, 0.25) is 0 Å². The lowest BCUT2D eigenvalue weighted by molar-refractivity contribution is 0.937. The second-order valence-electron chi connectivity index (χ2n) is 4.95. The largest absolute Gasteiger partial charge is 0.369 e. The van der Waals surface area contributed by atoms with E-state index >= 15 is 0 Å². The molecule has 1 aromatic carbocycles. The van der Waals surface area contributed by atoms with Gasteiger partial charge in [0.1, 0.15) is 5.82 Å². The molecule has 4 nitrogen and oxygen atoms in total. The van der Waals surface area contributed by atoms with Crippen molar-refractivity contribution in [1.29, 1.82) is 0 Å². The van der Waals surface area contributed by atoms with E-state index < -0.39 is 0 Å². The fourth-order valence-corrected chi connectivity index (χ4v) is 2.27. The maximum Gasteiger partial charge on any atom is 0.148 e. The number of nitrogens with zero attached hydrogens (tertiary/aromatic N) is 3. The minimum absolute atomic E-state index is 0.685. The zero-order valence-corrected chi connectivity index (χ0v) is 12.1. The van der Waals surface area contributed by atoms with Crippen LogP contribution in [0.1, 0.15) is 24.7 Å². The van der Waals surface area contributed by atoms with E-state index in [-0.39, 0.29) is 0 Å². The van der Waals surface area contributed by atoms with Crippen molar-refractivity contribution in [2.75, 3.05) is 11.9 Å².